The molecule has 0 aliphatic rings. The van der Waals surface area contributed by atoms with Gasteiger partial charge < -0.3 is 4.57 Å². The highest BCUT2D eigenvalue weighted by molar-refractivity contribution is 9.10. The zero-order valence-corrected chi connectivity index (χ0v) is 14.6. The minimum Gasteiger partial charge on any atom is -0.321 e. The van der Waals surface area contributed by atoms with Crippen LogP contribution in [0.2, 0.25) is 0 Å². The Balaban J connectivity index is 2.17. The number of alkyl halides is 1. The molecular formula is C14H12BrClFN3S. The highest BCUT2D eigenvalue weighted by Gasteiger charge is 2.17. The van der Waals surface area contributed by atoms with Crippen LogP contribution < -0.4 is 0 Å². The number of benzene rings is 1. The van der Waals surface area contributed by atoms with Crippen molar-refractivity contribution in [3.63, 3.8) is 0 Å². The molecule has 0 saturated heterocycles. The van der Waals surface area contributed by atoms with E-state index in [1.807, 2.05) is 24.6 Å². The number of nitrogens with zero attached hydrogens (tertiary/aromatic N) is 3. The van der Waals surface area contributed by atoms with Crippen molar-refractivity contribution >= 4 is 49.9 Å². The number of hydrogen-bond acceptors (Lipinski definition) is 3. The number of rotatable bonds is 3. The molecule has 0 N–H and O–H groups in total. The molecular weight excluding hydrogens is 377 g/mol. The molecule has 3 rings (SSSR count). The Morgan fingerprint density at radius 1 is 1.48 bits per heavy atom. The molecule has 110 valence electrons. The largest absolute Gasteiger partial charge is 0.321 e. The Kier molecular flexibility index (Phi) is 4.03. The van der Waals surface area contributed by atoms with E-state index in [9.17, 15) is 4.39 Å². The standard InChI is InChI=1S/C14H12BrClFN3S/c1-7(16)14-19-12-3-10(15)11(17)4-13(12)20(14)6-9-5-18-8(2)21-9/h3-5,7H,6H2,1-2H3. The average molecular weight is 389 g/mol. The Hall–Kier alpha value is -0.980. The summed E-state index contributed by atoms with van der Waals surface area (Å²) < 4.78 is 16.2. The number of aromatic nitrogens is 3. The zero-order valence-electron chi connectivity index (χ0n) is 11.4. The zero-order chi connectivity index (χ0) is 15.1. The minimum atomic E-state index is -0.307. The fourth-order valence-electron chi connectivity index (χ4n) is 2.24. The molecule has 7 heteroatoms. The molecule has 2 aromatic heterocycles. The first-order valence-corrected chi connectivity index (χ1v) is 8.41. The summed E-state index contributed by atoms with van der Waals surface area (Å²) >= 11 is 11.0. The van der Waals surface area contributed by atoms with Crippen LogP contribution in [0.4, 0.5) is 4.39 Å². The van der Waals surface area contributed by atoms with Crippen LogP contribution in [-0.4, -0.2) is 14.5 Å². The lowest BCUT2D eigenvalue weighted by Crippen LogP contribution is -2.04. The molecule has 0 radical (unpaired) electrons. The van der Waals surface area contributed by atoms with Crippen LogP contribution in [0.1, 0.15) is 28.0 Å². The third-order valence-corrected chi connectivity index (χ3v) is 4.86. The van der Waals surface area contributed by atoms with Crippen molar-refractivity contribution in [1.29, 1.82) is 0 Å². The number of hydrogen-bond donors (Lipinski definition) is 0. The van der Waals surface area contributed by atoms with Crippen LogP contribution in [0, 0.1) is 12.7 Å². The SMILES string of the molecule is Cc1ncc(Cn2c(C(C)Cl)nc3cc(Br)c(F)cc32)s1. The Bertz CT molecular complexity index is 812. The number of thiazole rings is 1. The van der Waals surface area contributed by atoms with Gasteiger partial charge in [-0.15, -0.1) is 22.9 Å². The molecule has 2 heterocycles. The van der Waals surface area contributed by atoms with Crippen LogP contribution in [0.25, 0.3) is 11.0 Å². The molecule has 0 fully saturated rings. The first-order chi connectivity index (χ1) is 9.95. The molecule has 0 amide bonds. The second-order valence-corrected chi connectivity index (χ2v) is 7.60. The van der Waals surface area contributed by atoms with Gasteiger partial charge in [0.1, 0.15) is 11.6 Å². The third kappa shape index (κ3) is 2.84. The van der Waals surface area contributed by atoms with Crippen molar-refractivity contribution in [2.45, 2.75) is 25.8 Å². The molecule has 0 aliphatic heterocycles. The number of imidazole rings is 1. The van der Waals surface area contributed by atoms with E-state index in [0.717, 1.165) is 26.7 Å². The topological polar surface area (TPSA) is 30.7 Å². The summed E-state index contributed by atoms with van der Waals surface area (Å²) in [5, 5.41) is 0.747. The first kappa shape index (κ1) is 14.9. The van der Waals surface area contributed by atoms with E-state index in [0.29, 0.717) is 11.0 Å². The smallest absolute Gasteiger partial charge is 0.139 e. The van der Waals surface area contributed by atoms with Gasteiger partial charge in [-0.1, -0.05) is 0 Å². The number of aryl methyl sites for hydroxylation is 1. The molecule has 0 bridgehead atoms. The van der Waals surface area contributed by atoms with Crippen molar-refractivity contribution in [3.05, 3.63) is 44.3 Å². The van der Waals surface area contributed by atoms with Crippen LogP contribution in [0.15, 0.2) is 22.8 Å². The summed E-state index contributed by atoms with van der Waals surface area (Å²) in [5.41, 5.74) is 1.47. The van der Waals surface area contributed by atoms with Crippen molar-refractivity contribution in [2.24, 2.45) is 0 Å². The van der Waals surface area contributed by atoms with E-state index >= 15 is 0 Å². The third-order valence-electron chi connectivity index (χ3n) is 3.16. The van der Waals surface area contributed by atoms with E-state index in [4.69, 9.17) is 11.6 Å². The van der Waals surface area contributed by atoms with Crippen LogP contribution >= 0.6 is 38.9 Å². The van der Waals surface area contributed by atoms with Crippen molar-refractivity contribution < 1.29 is 4.39 Å². The van der Waals surface area contributed by atoms with Crippen molar-refractivity contribution in [3.8, 4) is 0 Å². The molecule has 1 unspecified atom stereocenters. The van der Waals surface area contributed by atoms with Gasteiger partial charge in [0, 0.05) is 17.1 Å². The average Bonchev–Trinajstić information content (AvgIpc) is 2.96. The monoisotopic (exact) mass is 387 g/mol. The van der Waals surface area contributed by atoms with Gasteiger partial charge in [0.05, 0.1) is 32.4 Å². The second-order valence-electron chi connectivity index (χ2n) is 4.77. The lowest BCUT2D eigenvalue weighted by Gasteiger charge is -2.09. The molecule has 1 aromatic carbocycles. The fraction of sp³-hybridized carbons (Fsp3) is 0.286. The van der Waals surface area contributed by atoms with Gasteiger partial charge in [0.2, 0.25) is 0 Å². The molecule has 1 atom stereocenters. The predicted octanol–water partition coefficient (Wildman–Crippen LogP) is 5.05. The Morgan fingerprint density at radius 3 is 2.86 bits per heavy atom. The predicted molar refractivity (Wildman–Crippen MR) is 87.6 cm³/mol. The van der Waals surface area contributed by atoms with Crippen LogP contribution in [0.3, 0.4) is 0 Å². The van der Waals surface area contributed by atoms with Crippen molar-refractivity contribution in [2.75, 3.05) is 0 Å². The van der Waals surface area contributed by atoms with E-state index in [2.05, 4.69) is 25.9 Å². The first-order valence-electron chi connectivity index (χ1n) is 6.36. The maximum atomic E-state index is 13.9. The van der Waals surface area contributed by atoms with Gasteiger partial charge in [-0.2, -0.15) is 0 Å². The molecule has 3 nitrogen and oxygen atoms in total. The van der Waals surface area contributed by atoms with Gasteiger partial charge in [0.15, 0.2) is 0 Å². The summed E-state index contributed by atoms with van der Waals surface area (Å²) in [4.78, 5) is 9.88. The van der Waals surface area contributed by atoms with Crippen LogP contribution in [0.5, 0.6) is 0 Å². The summed E-state index contributed by atoms with van der Waals surface area (Å²) in [6, 6.07) is 3.17. The fourth-order valence-corrected chi connectivity index (χ4v) is 3.52. The van der Waals surface area contributed by atoms with E-state index in [1.165, 1.54) is 6.07 Å². The van der Waals surface area contributed by atoms with Crippen molar-refractivity contribution in [1.82, 2.24) is 14.5 Å². The lowest BCUT2D eigenvalue weighted by molar-refractivity contribution is 0.621. The highest BCUT2D eigenvalue weighted by Crippen LogP contribution is 2.29. The molecule has 0 saturated carbocycles. The molecule has 0 spiro atoms. The molecule has 0 aliphatic carbocycles. The molecule has 21 heavy (non-hydrogen) atoms. The van der Waals surface area contributed by atoms with Gasteiger partial charge in [-0.3, -0.25) is 0 Å². The quantitative estimate of drug-likeness (QED) is 0.588. The molecule has 3 aromatic rings. The van der Waals surface area contributed by atoms with Gasteiger partial charge >= 0.3 is 0 Å². The van der Waals surface area contributed by atoms with E-state index in [1.54, 1.807) is 17.4 Å². The highest BCUT2D eigenvalue weighted by atomic mass is 79.9. The maximum absolute atomic E-state index is 13.9. The Morgan fingerprint density at radius 2 is 2.24 bits per heavy atom. The lowest BCUT2D eigenvalue weighted by atomic mass is 10.3. The second kappa shape index (κ2) is 5.66. The van der Waals surface area contributed by atoms with E-state index < -0.39 is 0 Å². The van der Waals surface area contributed by atoms with Gasteiger partial charge in [-0.05, 0) is 35.8 Å². The van der Waals surface area contributed by atoms with Crippen LogP contribution in [-0.2, 0) is 6.54 Å². The van der Waals surface area contributed by atoms with Gasteiger partial charge in [0.25, 0.3) is 0 Å². The minimum absolute atomic E-state index is 0.256. The van der Waals surface area contributed by atoms with Gasteiger partial charge in [-0.25, -0.2) is 14.4 Å². The van der Waals surface area contributed by atoms with E-state index in [-0.39, 0.29) is 11.2 Å². The normalized spacial score (nSPS) is 13.0. The number of fused-ring (bicyclic) bond motifs is 1. The maximum Gasteiger partial charge on any atom is 0.139 e. The summed E-state index contributed by atoms with van der Waals surface area (Å²) in [6.45, 7) is 4.42. The summed E-state index contributed by atoms with van der Waals surface area (Å²) in [6.07, 6.45) is 1.84. The Labute approximate surface area is 138 Å². The number of halogens is 3. The summed E-state index contributed by atoms with van der Waals surface area (Å²) in [7, 11) is 0. The summed E-state index contributed by atoms with van der Waals surface area (Å²) in [5.74, 6) is 0.424.